The molecule has 1 aliphatic heterocycles. The van der Waals surface area contributed by atoms with E-state index in [0.717, 1.165) is 37.2 Å². The zero-order valence-corrected chi connectivity index (χ0v) is 12.5. The Morgan fingerprint density at radius 3 is 2.24 bits per heavy atom. The Labute approximate surface area is 125 Å². The van der Waals surface area contributed by atoms with Crippen LogP contribution in [0.25, 0.3) is 0 Å². The number of hydrogen-bond donors (Lipinski definition) is 1. The normalized spacial score (nSPS) is 20.0. The molecule has 4 heteroatoms. The van der Waals surface area contributed by atoms with Crippen molar-refractivity contribution in [3.05, 3.63) is 29.8 Å². The monoisotopic (exact) mass is 286 g/mol. The van der Waals surface area contributed by atoms with E-state index in [1.165, 1.54) is 6.42 Å². The lowest BCUT2D eigenvalue weighted by Gasteiger charge is -2.30. The molecule has 1 aliphatic carbocycles. The standard InChI is InChI=1S/C17H22N2O2/c1-13-5-7-14(8-6-13)18-15(20)17(9-10-17)16(21)19-11-3-2-4-12-19/h5-8H,2-4,9-12H2,1H3,(H,18,20). The van der Waals surface area contributed by atoms with Crippen LogP contribution in [0.4, 0.5) is 5.69 Å². The molecule has 1 aromatic carbocycles. The predicted octanol–water partition coefficient (Wildman–Crippen LogP) is 2.73. The molecule has 2 amide bonds. The van der Waals surface area contributed by atoms with Gasteiger partial charge >= 0.3 is 0 Å². The van der Waals surface area contributed by atoms with Gasteiger partial charge in [-0.15, -0.1) is 0 Å². The van der Waals surface area contributed by atoms with Gasteiger partial charge in [0.05, 0.1) is 0 Å². The first-order valence-electron chi connectivity index (χ1n) is 7.79. The fourth-order valence-corrected chi connectivity index (χ4v) is 2.95. The van der Waals surface area contributed by atoms with Gasteiger partial charge < -0.3 is 10.2 Å². The molecule has 0 radical (unpaired) electrons. The molecule has 0 spiro atoms. The van der Waals surface area contributed by atoms with Crippen LogP contribution in [0.15, 0.2) is 24.3 Å². The first kappa shape index (κ1) is 14.1. The highest BCUT2D eigenvalue weighted by Crippen LogP contribution is 2.48. The van der Waals surface area contributed by atoms with Crippen molar-refractivity contribution in [3.8, 4) is 0 Å². The number of hydrogen-bond acceptors (Lipinski definition) is 2. The van der Waals surface area contributed by atoms with E-state index in [1.807, 2.05) is 36.1 Å². The number of carbonyl (C=O) groups is 2. The summed E-state index contributed by atoms with van der Waals surface area (Å²) in [6, 6.07) is 7.69. The van der Waals surface area contributed by atoms with Crippen molar-refractivity contribution in [3.63, 3.8) is 0 Å². The molecule has 1 saturated heterocycles. The Morgan fingerprint density at radius 1 is 1.05 bits per heavy atom. The van der Waals surface area contributed by atoms with E-state index in [0.29, 0.717) is 12.8 Å². The highest BCUT2D eigenvalue weighted by Gasteiger charge is 2.58. The van der Waals surface area contributed by atoms with E-state index in [-0.39, 0.29) is 11.8 Å². The predicted molar refractivity (Wildman–Crippen MR) is 81.9 cm³/mol. The van der Waals surface area contributed by atoms with Crippen molar-refractivity contribution in [2.45, 2.75) is 39.0 Å². The Hall–Kier alpha value is -1.84. The van der Waals surface area contributed by atoms with E-state index in [1.54, 1.807) is 0 Å². The van der Waals surface area contributed by atoms with Crippen molar-refractivity contribution in [2.24, 2.45) is 5.41 Å². The van der Waals surface area contributed by atoms with Gasteiger partial charge in [-0.25, -0.2) is 0 Å². The smallest absolute Gasteiger partial charge is 0.240 e. The molecule has 0 atom stereocenters. The Balaban J connectivity index is 1.68. The van der Waals surface area contributed by atoms with Crippen molar-refractivity contribution in [1.82, 2.24) is 4.90 Å². The Morgan fingerprint density at radius 2 is 1.67 bits per heavy atom. The fraction of sp³-hybridized carbons (Fsp3) is 0.529. The van der Waals surface area contributed by atoms with Crippen LogP contribution in [0.2, 0.25) is 0 Å². The lowest BCUT2D eigenvalue weighted by atomic mass is 10.0. The maximum absolute atomic E-state index is 12.6. The van der Waals surface area contributed by atoms with E-state index < -0.39 is 5.41 Å². The molecule has 1 heterocycles. The molecule has 4 nitrogen and oxygen atoms in total. The average molecular weight is 286 g/mol. The third-order valence-electron chi connectivity index (χ3n) is 4.55. The highest BCUT2D eigenvalue weighted by molar-refractivity contribution is 6.13. The van der Waals surface area contributed by atoms with Gasteiger partial charge in [0.25, 0.3) is 0 Å². The molecule has 2 aliphatic rings. The van der Waals surface area contributed by atoms with Crippen molar-refractivity contribution < 1.29 is 9.59 Å². The summed E-state index contributed by atoms with van der Waals surface area (Å²) in [5, 5.41) is 2.91. The second-order valence-electron chi connectivity index (χ2n) is 6.26. The number of nitrogens with zero attached hydrogens (tertiary/aromatic N) is 1. The van der Waals surface area contributed by atoms with Gasteiger partial charge in [-0.1, -0.05) is 17.7 Å². The molecule has 0 unspecified atom stereocenters. The summed E-state index contributed by atoms with van der Waals surface area (Å²) in [5.74, 6) is -0.103. The number of anilines is 1. The topological polar surface area (TPSA) is 49.4 Å². The second-order valence-corrected chi connectivity index (χ2v) is 6.26. The number of amides is 2. The average Bonchev–Trinajstić information content (AvgIpc) is 3.31. The molecule has 1 aromatic rings. The fourth-order valence-electron chi connectivity index (χ4n) is 2.95. The maximum atomic E-state index is 12.6. The van der Waals surface area contributed by atoms with Crippen molar-refractivity contribution >= 4 is 17.5 Å². The highest BCUT2D eigenvalue weighted by atomic mass is 16.2. The largest absolute Gasteiger partial charge is 0.342 e. The van der Waals surface area contributed by atoms with Gasteiger partial charge in [0, 0.05) is 18.8 Å². The van der Waals surface area contributed by atoms with Crippen LogP contribution < -0.4 is 5.32 Å². The van der Waals surface area contributed by atoms with Crippen LogP contribution in [0.3, 0.4) is 0 Å². The number of nitrogens with one attached hydrogen (secondary N) is 1. The van der Waals surface area contributed by atoms with Crippen LogP contribution >= 0.6 is 0 Å². The molecular weight excluding hydrogens is 264 g/mol. The minimum Gasteiger partial charge on any atom is -0.342 e. The molecule has 21 heavy (non-hydrogen) atoms. The molecule has 1 N–H and O–H groups in total. The molecule has 1 saturated carbocycles. The summed E-state index contributed by atoms with van der Waals surface area (Å²) in [7, 11) is 0. The summed E-state index contributed by atoms with van der Waals surface area (Å²) in [6.45, 7) is 3.62. The van der Waals surface area contributed by atoms with Crippen molar-refractivity contribution in [1.29, 1.82) is 0 Å². The number of benzene rings is 1. The second kappa shape index (κ2) is 5.51. The molecule has 2 fully saturated rings. The van der Waals surface area contributed by atoms with E-state index in [2.05, 4.69) is 5.32 Å². The quantitative estimate of drug-likeness (QED) is 0.869. The summed E-state index contributed by atoms with van der Waals surface area (Å²) in [5.41, 5.74) is 1.13. The Bertz CT molecular complexity index is 540. The molecule has 0 bridgehead atoms. The van der Waals surface area contributed by atoms with E-state index in [9.17, 15) is 9.59 Å². The van der Waals surface area contributed by atoms with Crippen LogP contribution in [-0.4, -0.2) is 29.8 Å². The maximum Gasteiger partial charge on any atom is 0.240 e. The van der Waals surface area contributed by atoms with Gasteiger partial charge in [-0.2, -0.15) is 0 Å². The molecular formula is C17H22N2O2. The third-order valence-corrected chi connectivity index (χ3v) is 4.55. The van der Waals surface area contributed by atoms with Gasteiger partial charge in [0.15, 0.2) is 0 Å². The first-order chi connectivity index (χ1) is 10.1. The van der Waals surface area contributed by atoms with E-state index in [4.69, 9.17) is 0 Å². The number of rotatable bonds is 3. The summed E-state index contributed by atoms with van der Waals surface area (Å²) in [6.07, 6.45) is 4.66. The third kappa shape index (κ3) is 2.80. The molecule has 0 aromatic heterocycles. The van der Waals surface area contributed by atoms with Gasteiger partial charge in [0.2, 0.25) is 11.8 Å². The number of likely N-dealkylation sites (tertiary alicyclic amines) is 1. The molecule has 112 valence electrons. The minimum atomic E-state index is -0.789. The van der Waals surface area contributed by atoms with Gasteiger partial charge in [0.1, 0.15) is 5.41 Å². The van der Waals surface area contributed by atoms with Crippen LogP contribution in [-0.2, 0) is 9.59 Å². The SMILES string of the molecule is Cc1ccc(NC(=O)C2(C(=O)N3CCCCC3)CC2)cc1. The summed E-state index contributed by atoms with van der Waals surface area (Å²) >= 11 is 0. The summed E-state index contributed by atoms with van der Waals surface area (Å²) < 4.78 is 0. The zero-order chi connectivity index (χ0) is 14.9. The molecule has 3 rings (SSSR count). The number of carbonyl (C=O) groups excluding carboxylic acids is 2. The van der Waals surface area contributed by atoms with Crippen LogP contribution in [0, 0.1) is 12.3 Å². The van der Waals surface area contributed by atoms with Gasteiger partial charge in [-0.05, 0) is 51.2 Å². The summed E-state index contributed by atoms with van der Waals surface area (Å²) in [4.78, 5) is 27.0. The number of piperidine rings is 1. The minimum absolute atomic E-state index is 0.0341. The van der Waals surface area contributed by atoms with Crippen LogP contribution in [0.5, 0.6) is 0 Å². The zero-order valence-electron chi connectivity index (χ0n) is 12.5. The lowest BCUT2D eigenvalue weighted by Crippen LogP contribution is -2.45. The number of aryl methyl sites for hydroxylation is 1. The first-order valence-corrected chi connectivity index (χ1v) is 7.79. The van der Waals surface area contributed by atoms with Gasteiger partial charge in [-0.3, -0.25) is 9.59 Å². The van der Waals surface area contributed by atoms with Crippen molar-refractivity contribution in [2.75, 3.05) is 18.4 Å². The van der Waals surface area contributed by atoms with Crippen LogP contribution in [0.1, 0.15) is 37.7 Å². The lowest BCUT2D eigenvalue weighted by molar-refractivity contribution is -0.143. The Kier molecular flexibility index (Phi) is 3.70. The van der Waals surface area contributed by atoms with E-state index >= 15 is 0 Å².